The first kappa shape index (κ1) is 15.4. The molecule has 4 nitrogen and oxygen atoms in total. The van der Waals surface area contributed by atoms with Gasteiger partial charge in [0.25, 0.3) is 0 Å². The number of halogens is 2. The minimum absolute atomic E-state index is 0.237. The van der Waals surface area contributed by atoms with Gasteiger partial charge in [0, 0.05) is 23.9 Å². The number of sulfonamides is 1. The molecule has 8 heteroatoms. The molecule has 0 amide bonds. The third kappa shape index (κ3) is 4.24. The number of hydrogen-bond acceptors (Lipinski definition) is 4. The maximum absolute atomic E-state index is 13.1. The number of hydrogen-bond donors (Lipinski definition) is 1. The van der Waals surface area contributed by atoms with Crippen LogP contribution >= 0.6 is 22.9 Å². The average Bonchev–Trinajstić information content (AvgIpc) is 2.87. The van der Waals surface area contributed by atoms with Gasteiger partial charge in [-0.25, -0.2) is 22.5 Å². The molecular weight excluding hydrogens is 323 g/mol. The highest BCUT2D eigenvalue weighted by atomic mass is 35.5. The van der Waals surface area contributed by atoms with Crippen molar-refractivity contribution in [3.05, 3.63) is 41.2 Å². The summed E-state index contributed by atoms with van der Waals surface area (Å²) in [4.78, 5) is 4.35. The number of thiazole rings is 1. The van der Waals surface area contributed by atoms with Gasteiger partial charge in [-0.2, -0.15) is 0 Å². The van der Waals surface area contributed by atoms with Crippen LogP contribution in [0.5, 0.6) is 0 Å². The quantitative estimate of drug-likeness (QED) is 0.826. The van der Waals surface area contributed by atoms with Crippen LogP contribution in [0.3, 0.4) is 0 Å². The second kappa shape index (κ2) is 6.62. The zero-order valence-corrected chi connectivity index (χ0v) is 12.7. The highest BCUT2D eigenvalue weighted by Gasteiger charge is 2.09. The fourth-order valence-electron chi connectivity index (χ4n) is 1.55. The monoisotopic (exact) mass is 334 g/mol. The van der Waals surface area contributed by atoms with Gasteiger partial charge in [0.05, 0.1) is 5.69 Å². The summed E-state index contributed by atoms with van der Waals surface area (Å²) in [5, 5.41) is 2.08. The Morgan fingerprint density at radius 2 is 2.20 bits per heavy atom. The molecule has 1 aromatic heterocycles. The molecule has 0 unspecified atom stereocenters. The molecule has 2 rings (SSSR count). The third-order valence-corrected chi connectivity index (χ3v) is 5.20. The van der Waals surface area contributed by atoms with E-state index in [0.717, 1.165) is 5.69 Å². The molecule has 0 saturated carbocycles. The predicted molar refractivity (Wildman–Crippen MR) is 78.9 cm³/mol. The van der Waals surface area contributed by atoms with Crippen molar-refractivity contribution >= 4 is 33.0 Å². The fraction of sp³-hybridized carbons (Fsp3) is 0.250. The zero-order valence-electron chi connectivity index (χ0n) is 10.3. The second-order valence-corrected chi connectivity index (χ2v) is 7.27. The molecule has 1 aromatic carbocycles. The number of benzene rings is 1. The Kier molecular flexibility index (Phi) is 5.09. The molecule has 0 aliphatic rings. The van der Waals surface area contributed by atoms with E-state index in [0.29, 0.717) is 17.0 Å². The summed E-state index contributed by atoms with van der Waals surface area (Å²) >= 11 is 6.67. The smallest absolute Gasteiger partial charge is 0.225 e. The van der Waals surface area contributed by atoms with Crippen LogP contribution in [0.25, 0.3) is 10.6 Å². The Bertz CT molecular complexity index is 688. The van der Waals surface area contributed by atoms with Gasteiger partial charge >= 0.3 is 0 Å². The lowest BCUT2D eigenvalue weighted by Gasteiger charge is -2.01. The average molecular weight is 335 g/mol. The molecule has 0 fully saturated rings. The fourth-order valence-corrected chi connectivity index (χ4v) is 3.12. The highest BCUT2D eigenvalue weighted by molar-refractivity contribution is 7.90. The predicted octanol–water partition coefficient (Wildman–Crippen LogP) is 2.61. The van der Waals surface area contributed by atoms with Crippen LogP contribution in [-0.2, 0) is 16.4 Å². The lowest BCUT2D eigenvalue weighted by molar-refractivity contribution is 0.586. The molecule has 0 aliphatic carbocycles. The molecule has 1 N–H and O–H groups in total. The van der Waals surface area contributed by atoms with Crippen LogP contribution in [-0.4, -0.2) is 25.2 Å². The van der Waals surface area contributed by atoms with Crippen molar-refractivity contribution in [1.82, 2.24) is 9.71 Å². The molecule has 0 atom stereocenters. The van der Waals surface area contributed by atoms with E-state index in [-0.39, 0.29) is 12.4 Å². The minimum atomic E-state index is -3.40. The van der Waals surface area contributed by atoms with E-state index < -0.39 is 15.2 Å². The van der Waals surface area contributed by atoms with Gasteiger partial charge < -0.3 is 0 Å². The summed E-state index contributed by atoms with van der Waals surface area (Å²) in [6.07, 6.45) is 0.460. The zero-order chi connectivity index (χ0) is 14.6. The van der Waals surface area contributed by atoms with E-state index in [9.17, 15) is 12.8 Å². The molecule has 0 saturated heterocycles. The highest BCUT2D eigenvalue weighted by Crippen LogP contribution is 2.24. The van der Waals surface area contributed by atoms with Gasteiger partial charge in [0.1, 0.15) is 16.0 Å². The standard InChI is InChI=1S/C12H12ClFN2O2S2/c13-8-20(17,18)15-5-4-11-7-19-12(16-11)9-2-1-3-10(14)6-9/h1-3,6-7,15H,4-5,8H2. The number of nitrogens with zero attached hydrogens (tertiary/aromatic N) is 1. The van der Waals surface area contributed by atoms with E-state index in [1.165, 1.54) is 23.5 Å². The largest absolute Gasteiger partial charge is 0.241 e. The van der Waals surface area contributed by atoms with Gasteiger partial charge in [-0.05, 0) is 12.1 Å². The first-order valence-corrected chi connectivity index (χ1v) is 8.80. The van der Waals surface area contributed by atoms with E-state index in [2.05, 4.69) is 9.71 Å². The van der Waals surface area contributed by atoms with Crippen molar-refractivity contribution in [3.8, 4) is 10.6 Å². The number of nitrogens with one attached hydrogen (secondary N) is 1. The maximum atomic E-state index is 13.1. The number of rotatable bonds is 6. The SMILES string of the molecule is O=S(=O)(CCl)NCCc1csc(-c2cccc(F)c2)n1. The third-order valence-electron chi connectivity index (χ3n) is 2.47. The van der Waals surface area contributed by atoms with Crippen LogP contribution in [0.1, 0.15) is 5.69 Å². The van der Waals surface area contributed by atoms with Crippen molar-refractivity contribution in [2.45, 2.75) is 6.42 Å². The maximum Gasteiger partial charge on any atom is 0.225 e. The van der Waals surface area contributed by atoms with Crippen LogP contribution in [0.15, 0.2) is 29.6 Å². The van der Waals surface area contributed by atoms with E-state index >= 15 is 0 Å². The van der Waals surface area contributed by atoms with Crippen LogP contribution < -0.4 is 4.72 Å². The molecule has 0 radical (unpaired) electrons. The van der Waals surface area contributed by atoms with E-state index in [1.54, 1.807) is 12.1 Å². The van der Waals surface area contributed by atoms with Crippen molar-refractivity contribution in [1.29, 1.82) is 0 Å². The molecule has 1 heterocycles. The van der Waals surface area contributed by atoms with Crippen molar-refractivity contribution in [2.75, 3.05) is 11.8 Å². The number of aromatic nitrogens is 1. The minimum Gasteiger partial charge on any atom is -0.241 e. The summed E-state index contributed by atoms with van der Waals surface area (Å²) in [6, 6.07) is 6.19. The Hall–Kier alpha value is -1.02. The first-order chi connectivity index (χ1) is 9.50. The van der Waals surface area contributed by atoms with Crippen LogP contribution in [0.2, 0.25) is 0 Å². The van der Waals surface area contributed by atoms with Crippen LogP contribution in [0.4, 0.5) is 4.39 Å². The lowest BCUT2D eigenvalue weighted by Crippen LogP contribution is -2.26. The molecule has 108 valence electrons. The Morgan fingerprint density at radius 1 is 1.40 bits per heavy atom. The van der Waals surface area contributed by atoms with Gasteiger partial charge in [-0.1, -0.05) is 12.1 Å². The van der Waals surface area contributed by atoms with E-state index in [4.69, 9.17) is 11.6 Å². The molecule has 0 spiro atoms. The van der Waals surface area contributed by atoms with Crippen molar-refractivity contribution < 1.29 is 12.8 Å². The van der Waals surface area contributed by atoms with Crippen molar-refractivity contribution in [2.24, 2.45) is 0 Å². The summed E-state index contributed by atoms with van der Waals surface area (Å²) in [7, 11) is -3.40. The Morgan fingerprint density at radius 3 is 2.90 bits per heavy atom. The summed E-state index contributed by atoms with van der Waals surface area (Å²) < 4.78 is 37.8. The summed E-state index contributed by atoms with van der Waals surface area (Å²) in [5.41, 5.74) is 1.47. The Balaban J connectivity index is 1.99. The van der Waals surface area contributed by atoms with Gasteiger partial charge in [0.15, 0.2) is 0 Å². The van der Waals surface area contributed by atoms with Crippen LogP contribution in [0, 0.1) is 5.82 Å². The first-order valence-electron chi connectivity index (χ1n) is 5.74. The van der Waals surface area contributed by atoms with Gasteiger partial charge in [-0.15, -0.1) is 22.9 Å². The lowest BCUT2D eigenvalue weighted by atomic mass is 10.2. The van der Waals surface area contributed by atoms with Crippen molar-refractivity contribution in [3.63, 3.8) is 0 Å². The summed E-state index contributed by atoms with van der Waals surface area (Å²) in [5.74, 6) is -0.311. The Labute approximate surface area is 125 Å². The second-order valence-electron chi connectivity index (χ2n) is 4.02. The molecular formula is C12H12ClFN2O2S2. The molecule has 0 aliphatic heterocycles. The molecule has 2 aromatic rings. The normalized spacial score (nSPS) is 11.7. The van der Waals surface area contributed by atoms with E-state index in [1.807, 2.05) is 5.38 Å². The number of alkyl halides is 1. The topological polar surface area (TPSA) is 59.1 Å². The summed E-state index contributed by atoms with van der Waals surface area (Å²) in [6.45, 7) is 0.237. The van der Waals surface area contributed by atoms with Gasteiger partial charge in [-0.3, -0.25) is 0 Å². The molecule has 20 heavy (non-hydrogen) atoms. The molecule has 0 bridgehead atoms. The van der Waals surface area contributed by atoms with Gasteiger partial charge in [0.2, 0.25) is 10.0 Å².